The number of hydrogen-bond donors (Lipinski definition) is 1. The molecule has 0 spiro atoms. The summed E-state index contributed by atoms with van der Waals surface area (Å²) in [5.41, 5.74) is 3.83. The molecule has 0 bridgehead atoms. The van der Waals surface area contributed by atoms with E-state index < -0.39 is 0 Å². The Morgan fingerprint density at radius 1 is 1.10 bits per heavy atom. The first kappa shape index (κ1) is 12.4. The van der Waals surface area contributed by atoms with Crippen LogP contribution in [0.25, 0.3) is 5.65 Å². The molecule has 2 aromatic heterocycles. The summed E-state index contributed by atoms with van der Waals surface area (Å²) < 4.78 is 2.01. The number of nitriles is 1. The molecule has 0 saturated carbocycles. The van der Waals surface area contributed by atoms with Crippen LogP contribution in [0.15, 0.2) is 54.9 Å². The Kier molecular flexibility index (Phi) is 3.44. The Labute approximate surface area is 117 Å². The van der Waals surface area contributed by atoms with Gasteiger partial charge in [-0.2, -0.15) is 5.26 Å². The number of imidazole rings is 1. The highest BCUT2D eigenvalue weighted by Gasteiger charge is 2.00. The molecule has 0 aliphatic heterocycles. The van der Waals surface area contributed by atoms with Crippen LogP contribution in [0.4, 0.5) is 0 Å². The van der Waals surface area contributed by atoms with Gasteiger partial charge in [0.2, 0.25) is 0 Å². The molecule has 0 atom stereocenters. The Balaban J connectivity index is 1.60. The van der Waals surface area contributed by atoms with Gasteiger partial charge in [0.05, 0.1) is 17.3 Å². The van der Waals surface area contributed by atoms with E-state index in [0.717, 1.165) is 30.0 Å². The molecule has 0 amide bonds. The molecule has 4 heteroatoms. The summed E-state index contributed by atoms with van der Waals surface area (Å²) in [5.74, 6) is 0. The molecule has 98 valence electrons. The minimum Gasteiger partial charge on any atom is -0.307 e. The second-order valence-electron chi connectivity index (χ2n) is 4.61. The summed E-state index contributed by atoms with van der Waals surface area (Å²) in [4.78, 5) is 4.53. The van der Waals surface area contributed by atoms with Gasteiger partial charge in [-0.25, -0.2) is 4.98 Å². The number of rotatable bonds is 4. The van der Waals surface area contributed by atoms with Gasteiger partial charge in [0, 0.05) is 25.5 Å². The van der Waals surface area contributed by atoms with Crippen LogP contribution in [0.1, 0.15) is 16.8 Å². The number of aromatic nitrogens is 2. The fourth-order valence-corrected chi connectivity index (χ4v) is 2.10. The van der Waals surface area contributed by atoms with Gasteiger partial charge in [-0.3, -0.25) is 0 Å². The molecule has 3 aromatic rings. The number of nitrogens with zero attached hydrogens (tertiary/aromatic N) is 3. The smallest absolute Gasteiger partial charge is 0.137 e. The zero-order valence-electron chi connectivity index (χ0n) is 11.0. The van der Waals surface area contributed by atoms with Crippen molar-refractivity contribution in [1.82, 2.24) is 14.7 Å². The molecule has 3 rings (SSSR count). The monoisotopic (exact) mass is 262 g/mol. The van der Waals surface area contributed by atoms with Crippen molar-refractivity contribution in [1.29, 1.82) is 5.26 Å². The molecule has 1 aromatic carbocycles. The van der Waals surface area contributed by atoms with E-state index in [-0.39, 0.29) is 0 Å². The summed E-state index contributed by atoms with van der Waals surface area (Å²) in [7, 11) is 0. The van der Waals surface area contributed by atoms with Gasteiger partial charge in [-0.15, -0.1) is 0 Å². The van der Waals surface area contributed by atoms with Crippen molar-refractivity contribution in [2.45, 2.75) is 13.1 Å². The molecular weight excluding hydrogens is 248 g/mol. The van der Waals surface area contributed by atoms with Gasteiger partial charge >= 0.3 is 0 Å². The maximum Gasteiger partial charge on any atom is 0.137 e. The number of pyridine rings is 1. The van der Waals surface area contributed by atoms with Crippen LogP contribution in [0.2, 0.25) is 0 Å². The fraction of sp³-hybridized carbons (Fsp3) is 0.125. The summed E-state index contributed by atoms with van der Waals surface area (Å²) >= 11 is 0. The zero-order valence-corrected chi connectivity index (χ0v) is 11.0. The molecule has 2 heterocycles. The Hall–Kier alpha value is -2.64. The first-order valence-corrected chi connectivity index (χ1v) is 6.47. The summed E-state index contributed by atoms with van der Waals surface area (Å²) in [5, 5.41) is 12.1. The van der Waals surface area contributed by atoms with Crippen molar-refractivity contribution in [3.8, 4) is 6.07 Å². The predicted molar refractivity (Wildman–Crippen MR) is 76.9 cm³/mol. The molecule has 0 radical (unpaired) electrons. The van der Waals surface area contributed by atoms with E-state index >= 15 is 0 Å². The lowest BCUT2D eigenvalue weighted by Gasteiger charge is -2.02. The lowest BCUT2D eigenvalue weighted by atomic mass is 10.1. The lowest BCUT2D eigenvalue weighted by molar-refractivity contribution is 0.683. The van der Waals surface area contributed by atoms with Gasteiger partial charge in [0.25, 0.3) is 0 Å². The van der Waals surface area contributed by atoms with E-state index in [2.05, 4.69) is 16.4 Å². The highest BCUT2D eigenvalue weighted by Crippen LogP contribution is 2.06. The SMILES string of the molecule is N#Cc1ccc(CNCc2cn3ccccc3n2)cc1. The Bertz CT molecular complexity index is 717. The molecule has 0 aliphatic rings. The third kappa shape index (κ3) is 2.68. The second kappa shape index (κ2) is 5.55. The molecule has 0 aliphatic carbocycles. The largest absolute Gasteiger partial charge is 0.307 e. The maximum absolute atomic E-state index is 8.75. The third-order valence-corrected chi connectivity index (χ3v) is 3.13. The summed E-state index contributed by atoms with van der Waals surface area (Å²) in [6.45, 7) is 1.49. The molecular formula is C16H14N4. The molecule has 0 saturated heterocycles. The van der Waals surface area contributed by atoms with Crippen molar-refractivity contribution in [3.05, 3.63) is 71.7 Å². The number of hydrogen-bond acceptors (Lipinski definition) is 3. The molecule has 0 unspecified atom stereocenters. The van der Waals surface area contributed by atoms with Crippen molar-refractivity contribution in [2.75, 3.05) is 0 Å². The third-order valence-electron chi connectivity index (χ3n) is 3.13. The number of benzene rings is 1. The highest BCUT2D eigenvalue weighted by molar-refractivity contribution is 5.39. The Morgan fingerprint density at radius 2 is 1.95 bits per heavy atom. The summed E-state index contributed by atoms with van der Waals surface area (Å²) in [6, 6.07) is 15.7. The van der Waals surface area contributed by atoms with Crippen LogP contribution < -0.4 is 5.32 Å². The van der Waals surface area contributed by atoms with E-state index in [1.807, 2.05) is 59.3 Å². The number of nitrogens with one attached hydrogen (secondary N) is 1. The van der Waals surface area contributed by atoms with Gasteiger partial charge in [-0.05, 0) is 29.8 Å². The number of fused-ring (bicyclic) bond motifs is 1. The second-order valence-corrected chi connectivity index (χ2v) is 4.61. The Morgan fingerprint density at radius 3 is 2.70 bits per heavy atom. The van der Waals surface area contributed by atoms with Crippen LogP contribution in [-0.2, 0) is 13.1 Å². The first-order chi connectivity index (χ1) is 9.85. The van der Waals surface area contributed by atoms with Crippen molar-refractivity contribution in [2.24, 2.45) is 0 Å². The lowest BCUT2D eigenvalue weighted by Crippen LogP contribution is -2.12. The molecule has 20 heavy (non-hydrogen) atoms. The van der Waals surface area contributed by atoms with E-state index in [4.69, 9.17) is 5.26 Å². The molecule has 1 N–H and O–H groups in total. The van der Waals surface area contributed by atoms with Gasteiger partial charge in [-0.1, -0.05) is 18.2 Å². The van der Waals surface area contributed by atoms with E-state index in [1.54, 1.807) is 0 Å². The maximum atomic E-state index is 8.75. The van der Waals surface area contributed by atoms with Crippen LogP contribution >= 0.6 is 0 Å². The van der Waals surface area contributed by atoms with E-state index in [0.29, 0.717) is 5.56 Å². The van der Waals surface area contributed by atoms with Crippen LogP contribution in [0, 0.1) is 11.3 Å². The average Bonchev–Trinajstić information content (AvgIpc) is 2.90. The predicted octanol–water partition coefficient (Wildman–Crippen LogP) is 2.50. The van der Waals surface area contributed by atoms with Crippen LogP contribution in [0.5, 0.6) is 0 Å². The highest BCUT2D eigenvalue weighted by atomic mass is 15.0. The quantitative estimate of drug-likeness (QED) is 0.786. The minimum atomic E-state index is 0.689. The van der Waals surface area contributed by atoms with Crippen LogP contribution in [0.3, 0.4) is 0 Å². The topological polar surface area (TPSA) is 53.1 Å². The van der Waals surface area contributed by atoms with Crippen molar-refractivity contribution < 1.29 is 0 Å². The minimum absolute atomic E-state index is 0.689. The van der Waals surface area contributed by atoms with Gasteiger partial charge < -0.3 is 9.72 Å². The standard InChI is InChI=1S/C16H14N4/c17-9-13-4-6-14(7-5-13)10-18-11-15-12-20-8-2-1-3-16(20)19-15/h1-8,12,18H,10-11H2. The van der Waals surface area contributed by atoms with E-state index in [9.17, 15) is 0 Å². The summed E-state index contributed by atoms with van der Waals surface area (Å²) in [6.07, 6.45) is 4.02. The van der Waals surface area contributed by atoms with E-state index in [1.165, 1.54) is 0 Å². The zero-order chi connectivity index (χ0) is 13.8. The average molecular weight is 262 g/mol. The fourth-order valence-electron chi connectivity index (χ4n) is 2.10. The van der Waals surface area contributed by atoms with Crippen LogP contribution in [-0.4, -0.2) is 9.38 Å². The van der Waals surface area contributed by atoms with Gasteiger partial charge in [0.15, 0.2) is 0 Å². The van der Waals surface area contributed by atoms with Crippen molar-refractivity contribution in [3.63, 3.8) is 0 Å². The molecule has 0 fully saturated rings. The van der Waals surface area contributed by atoms with Gasteiger partial charge in [0.1, 0.15) is 5.65 Å². The normalized spacial score (nSPS) is 10.6. The molecule has 4 nitrogen and oxygen atoms in total. The van der Waals surface area contributed by atoms with Crippen molar-refractivity contribution >= 4 is 5.65 Å². The first-order valence-electron chi connectivity index (χ1n) is 6.47.